The van der Waals surface area contributed by atoms with Crippen LogP contribution in [0.1, 0.15) is 24.8 Å². The van der Waals surface area contributed by atoms with Gasteiger partial charge in [-0.05, 0) is 48.2 Å². The number of carbonyl (C=O) groups excluding carboxylic acids is 1. The monoisotopic (exact) mass is 455 g/mol. The number of rotatable bonds is 1. The summed E-state index contributed by atoms with van der Waals surface area (Å²) in [6, 6.07) is 14.0. The van der Waals surface area contributed by atoms with E-state index in [-0.39, 0.29) is 11.9 Å². The Hall–Kier alpha value is -2.38. The summed E-state index contributed by atoms with van der Waals surface area (Å²) in [6.07, 6.45) is 2.15. The van der Waals surface area contributed by atoms with Crippen LogP contribution in [0.3, 0.4) is 0 Å². The number of fused-ring (bicyclic) bond motifs is 2. The fraction of sp³-hybridized carbons (Fsp3) is 0.364. The number of nitrogens with two attached hydrogens (primary N) is 1. The van der Waals surface area contributed by atoms with E-state index in [9.17, 15) is 4.79 Å². The summed E-state index contributed by atoms with van der Waals surface area (Å²) in [4.78, 5) is 19.6. The van der Waals surface area contributed by atoms with Crippen LogP contribution < -0.4 is 10.5 Å². The molecule has 0 aliphatic carbocycles. The van der Waals surface area contributed by atoms with Crippen molar-refractivity contribution in [2.45, 2.75) is 30.4 Å². The first-order valence-electron chi connectivity index (χ1n) is 9.73. The molecule has 2 atom stereocenters. The second-order valence-corrected chi connectivity index (χ2v) is 8.95. The van der Waals surface area contributed by atoms with Crippen LogP contribution in [0.4, 0.5) is 0 Å². The highest BCUT2D eigenvalue weighted by Crippen LogP contribution is 2.51. The Labute approximate surface area is 177 Å². The number of halogens is 1. The number of amides is 1. The van der Waals surface area contributed by atoms with Crippen LogP contribution in [0, 0.1) is 0 Å². The maximum absolute atomic E-state index is 13.4. The van der Waals surface area contributed by atoms with Crippen molar-refractivity contribution in [2.24, 2.45) is 10.7 Å². The highest BCUT2D eigenvalue weighted by Gasteiger charge is 2.58. The van der Waals surface area contributed by atoms with Gasteiger partial charge < -0.3 is 15.2 Å². The van der Waals surface area contributed by atoms with Crippen LogP contribution in [0.25, 0.3) is 11.1 Å². The highest BCUT2D eigenvalue weighted by atomic mass is 79.9. The molecule has 2 aromatic rings. The van der Waals surface area contributed by atoms with Gasteiger partial charge >= 0.3 is 0 Å². The molecule has 1 saturated heterocycles. The molecule has 150 valence electrons. The zero-order valence-corrected chi connectivity index (χ0v) is 17.7. The molecule has 0 saturated carbocycles. The van der Waals surface area contributed by atoms with E-state index in [1.165, 1.54) is 4.90 Å². The quantitative estimate of drug-likeness (QED) is 0.714. The van der Waals surface area contributed by atoms with Gasteiger partial charge in [0, 0.05) is 30.1 Å². The number of benzene rings is 2. The molecule has 2 aromatic carbocycles. The predicted octanol–water partition coefficient (Wildman–Crippen LogP) is 3.43. The number of aliphatic imine (C=N–C) groups is 1. The van der Waals surface area contributed by atoms with Crippen LogP contribution in [-0.4, -0.2) is 42.6 Å². The first-order chi connectivity index (χ1) is 13.9. The lowest BCUT2D eigenvalue weighted by Gasteiger charge is -2.46. The molecule has 1 amide bonds. The summed E-state index contributed by atoms with van der Waals surface area (Å²) >= 11 is 3.53. The average molecular weight is 456 g/mol. The fourth-order valence-corrected chi connectivity index (χ4v) is 5.06. The minimum Gasteiger partial charge on any atom is -0.484 e. The number of nitrogens with zero attached hydrogens (tertiary/aromatic N) is 2. The molecule has 0 aromatic heterocycles. The van der Waals surface area contributed by atoms with Gasteiger partial charge in [-0.25, -0.2) is 4.99 Å². The second-order valence-electron chi connectivity index (χ2n) is 8.03. The third-order valence-corrected chi connectivity index (χ3v) is 6.57. The van der Waals surface area contributed by atoms with E-state index in [1.54, 1.807) is 7.05 Å². The van der Waals surface area contributed by atoms with Gasteiger partial charge in [0.25, 0.3) is 5.91 Å². The van der Waals surface area contributed by atoms with Crippen molar-refractivity contribution < 1.29 is 14.3 Å². The van der Waals surface area contributed by atoms with E-state index < -0.39 is 11.1 Å². The maximum atomic E-state index is 13.4. The van der Waals surface area contributed by atoms with Gasteiger partial charge in [0.2, 0.25) is 0 Å². The molecular formula is C22H22BrN3O3. The minimum atomic E-state index is -1.07. The molecule has 7 heteroatoms. The Morgan fingerprint density at radius 2 is 2.03 bits per heavy atom. The molecule has 5 rings (SSSR count). The van der Waals surface area contributed by atoms with Crippen molar-refractivity contribution >= 4 is 27.8 Å². The molecule has 2 N–H and O–H groups in total. The number of guanidine groups is 1. The Balaban J connectivity index is 1.69. The van der Waals surface area contributed by atoms with E-state index in [0.717, 1.165) is 34.0 Å². The summed E-state index contributed by atoms with van der Waals surface area (Å²) in [5, 5.41) is 0. The number of hydrogen-bond donors (Lipinski definition) is 1. The number of carbonyl (C=O) groups is 1. The van der Waals surface area contributed by atoms with Gasteiger partial charge in [0.15, 0.2) is 11.5 Å². The second kappa shape index (κ2) is 6.57. The van der Waals surface area contributed by atoms with Crippen molar-refractivity contribution in [3.8, 4) is 16.9 Å². The smallest absolute Gasteiger partial charge is 0.261 e. The highest BCUT2D eigenvalue weighted by molar-refractivity contribution is 9.10. The van der Waals surface area contributed by atoms with Crippen LogP contribution in [0.5, 0.6) is 5.75 Å². The molecule has 2 spiro atoms. The van der Waals surface area contributed by atoms with Gasteiger partial charge in [-0.15, -0.1) is 0 Å². The molecule has 3 aliphatic rings. The Bertz CT molecular complexity index is 1030. The van der Waals surface area contributed by atoms with Crippen LogP contribution in [-0.2, 0) is 15.1 Å². The summed E-state index contributed by atoms with van der Waals surface area (Å²) in [5.41, 5.74) is 7.28. The molecule has 3 aliphatic heterocycles. The minimum absolute atomic E-state index is 0.115. The third-order valence-electron chi connectivity index (χ3n) is 6.08. The topological polar surface area (TPSA) is 77.2 Å². The summed E-state index contributed by atoms with van der Waals surface area (Å²) in [6.45, 7) is 1.17. The number of hydrogen-bond acceptors (Lipinski definition) is 5. The SMILES string of the molecule is CN1C(=O)[C@@]2(C[C@]3(CCCOC3)Oc3ccc(-c4cccc(Br)c4)cc32)N=C1N. The zero-order chi connectivity index (χ0) is 20.2. The van der Waals surface area contributed by atoms with Gasteiger partial charge in [-0.3, -0.25) is 9.69 Å². The molecule has 0 radical (unpaired) electrons. The van der Waals surface area contributed by atoms with Gasteiger partial charge in [0.05, 0.1) is 6.61 Å². The maximum Gasteiger partial charge on any atom is 0.261 e. The summed E-state index contributed by atoms with van der Waals surface area (Å²) < 4.78 is 13.2. The summed E-state index contributed by atoms with van der Waals surface area (Å²) in [7, 11) is 1.67. The van der Waals surface area contributed by atoms with E-state index in [2.05, 4.69) is 22.0 Å². The zero-order valence-electron chi connectivity index (χ0n) is 16.2. The fourth-order valence-electron chi connectivity index (χ4n) is 4.66. The lowest BCUT2D eigenvalue weighted by Crippen LogP contribution is -2.55. The van der Waals surface area contributed by atoms with Crippen LogP contribution >= 0.6 is 15.9 Å². The first kappa shape index (κ1) is 18.6. The van der Waals surface area contributed by atoms with E-state index in [1.807, 2.05) is 36.4 Å². The summed E-state index contributed by atoms with van der Waals surface area (Å²) in [5.74, 6) is 0.805. The van der Waals surface area contributed by atoms with Crippen molar-refractivity contribution in [2.75, 3.05) is 20.3 Å². The first-order valence-corrected chi connectivity index (χ1v) is 10.5. The molecule has 29 heavy (non-hydrogen) atoms. The van der Waals surface area contributed by atoms with E-state index in [4.69, 9.17) is 20.2 Å². The van der Waals surface area contributed by atoms with E-state index in [0.29, 0.717) is 25.4 Å². The van der Waals surface area contributed by atoms with Gasteiger partial charge in [-0.2, -0.15) is 0 Å². The van der Waals surface area contributed by atoms with Gasteiger partial charge in [-0.1, -0.05) is 34.1 Å². The molecular weight excluding hydrogens is 434 g/mol. The normalized spacial score (nSPS) is 28.4. The van der Waals surface area contributed by atoms with Crippen LogP contribution in [0.2, 0.25) is 0 Å². The lowest BCUT2D eigenvalue weighted by molar-refractivity contribution is -0.139. The van der Waals surface area contributed by atoms with Crippen LogP contribution in [0.15, 0.2) is 51.9 Å². The molecule has 3 heterocycles. The average Bonchev–Trinajstić information content (AvgIpc) is 2.92. The Morgan fingerprint density at radius 3 is 2.72 bits per heavy atom. The molecule has 6 nitrogen and oxygen atoms in total. The predicted molar refractivity (Wildman–Crippen MR) is 114 cm³/mol. The Kier molecular flexibility index (Phi) is 4.22. The van der Waals surface area contributed by atoms with E-state index >= 15 is 0 Å². The number of ether oxygens (including phenoxy) is 2. The third kappa shape index (κ3) is 2.87. The number of likely N-dealkylation sites (N-methyl/N-ethyl adjacent to an activating group) is 1. The van der Waals surface area contributed by atoms with Crippen molar-refractivity contribution in [1.29, 1.82) is 0 Å². The standard InChI is InChI=1S/C22H22BrN3O3/c1-26-19(27)22(25-20(26)24)12-21(8-3-9-28-13-21)29-18-7-6-15(11-17(18)22)14-4-2-5-16(23)10-14/h2,4-7,10-11H,3,8-9,12-13H2,1H3,(H2,24,25)/t21-,22-/m0/s1. The van der Waals surface area contributed by atoms with Crippen molar-refractivity contribution in [1.82, 2.24) is 4.90 Å². The van der Waals surface area contributed by atoms with Gasteiger partial charge in [0.1, 0.15) is 11.4 Å². The largest absolute Gasteiger partial charge is 0.484 e. The Morgan fingerprint density at radius 1 is 1.21 bits per heavy atom. The molecule has 0 bridgehead atoms. The van der Waals surface area contributed by atoms with Crippen molar-refractivity contribution in [3.05, 3.63) is 52.5 Å². The molecule has 0 unspecified atom stereocenters. The van der Waals surface area contributed by atoms with Crippen molar-refractivity contribution in [3.63, 3.8) is 0 Å². The molecule has 1 fully saturated rings. The lowest BCUT2D eigenvalue weighted by atomic mass is 9.74.